The lowest BCUT2D eigenvalue weighted by Gasteiger charge is -2.23. The molecule has 0 saturated carbocycles. The molecule has 1 amide bonds. The summed E-state index contributed by atoms with van der Waals surface area (Å²) in [6, 6.07) is 13.2. The second-order valence-electron chi connectivity index (χ2n) is 5.19. The monoisotopic (exact) mass is 312 g/mol. The number of benzene rings is 1. The maximum Gasteiger partial charge on any atom is 0.261 e. The highest BCUT2D eigenvalue weighted by atomic mass is 32.1. The Bertz CT molecular complexity index is 674. The van der Waals surface area contributed by atoms with Gasteiger partial charge in [-0.15, -0.1) is 11.3 Å². The van der Waals surface area contributed by atoms with Gasteiger partial charge in [0.15, 0.2) is 6.61 Å². The number of thiophene rings is 1. The fourth-order valence-corrected chi connectivity index (χ4v) is 3.57. The molecular weight excluding hydrogens is 296 g/mol. The van der Waals surface area contributed by atoms with Crippen molar-refractivity contribution < 1.29 is 9.53 Å². The quantitative estimate of drug-likeness (QED) is 0.870. The number of amides is 1. The van der Waals surface area contributed by atoms with E-state index in [0.717, 1.165) is 19.4 Å². The van der Waals surface area contributed by atoms with Gasteiger partial charge in [0, 0.05) is 11.4 Å². The topological polar surface area (TPSA) is 53.3 Å². The molecule has 2 aromatic rings. The fraction of sp³-hybridized carbons (Fsp3) is 0.294. The second-order valence-corrected chi connectivity index (χ2v) is 6.16. The van der Waals surface area contributed by atoms with E-state index in [9.17, 15) is 4.79 Å². The first-order valence-electron chi connectivity index (χ1n) is 7.24. The zero-order chi connectivity index (χ0) is 15.4. The normalized spacial score (nSPS) is 17.2. The Labute approximate surface area is 133 Å². The van der Waals surface area contributed by atoms with Gasteiger partial charge < -0.3 is 9.64 Å². The van der Waals surface area contributed by atoms with Crippen molar-refractivity contribution in [3.63, 3.8) is 0 Å². The van der Waals surface area contributed by atoms with Crippen LogP contribution in [0.2, 0.25) is 0 Å². The van der Waals surface area contributed by atoms with E-state index in [-0.39, 0.29) is 18.6 Å². The number of likely N-dealkylation sites (tertiary alicyclic amines) is 1. The lowest BCUT2D eigenvalue weighted by molar-refractivity contribution is -0.134. The molecule has 1 fully saturated rings. The van der Waals surface area contributed by atoms with Crippen LogP contribution in [0.25, 0.3) is 0 Å². The van der Waals surface area contributed by atoms with Crippen LogP contribution in [0.15, 0.2) is 41.8 Å². The van der Waals surface area contributed by atoms with Crippen LogP contribution in [0.5, 0.6) is 5.75 Å². The minimum atomic E-state index is 0.0141. The Balaban J connectivity index is 1.60. The molecule has 1 saturated heterocycles. The molecule has 2 heterocycles. The van der Waals surface area contributed by atoms with Gasteiger partial charge in [0.2, 0.25) is 0 Å². The number of nitrogens with zero attached hydrogens (tertiary/aromatic N) is 2. The molecule has 3 rings (SSSR count). The van der Waals surface area contributed by atoms with Crippen molar-refractivity contribution >= 4 is 17.2 Å². The third kappa shape index (κ3) is 3.12. The second kappa shape index (κ2) is 6.63. The van der Waals surface area contributed by atoms with Crippen LogP contribution < -0.4 is 4.74 Å². The number of ether oxygens (including phenoxy) is 1. The van der Waals surface area contributed by atoms with Crippen molar-refractivity contribution in [2.75, 3.05) is 13.2 Å². The molecule has 0 N–H and O–H groups in total. The fourth-order valence-electron chi connectivity index (χ4n) is 2.70. The third-order valence-electron chi connectivity index (χ3n) is 3.79. The van der Waals surface area contributed by atoms with E-state index in [1.807, 2.05) is 16.3 Å². The van der Waals surface area contributed by atoms with Crippen molar-refractivity contribution in [1.29, 1.82) is 5.26 Å². The van der Waals surface area contributed by atoms with E-state index < -0.39 is 0 Å². The molecule has 0 aliphatic carbocycles. The number of rotatable bonds is 4. The van der Waals surface area contributed by atoms with Crippen LogP contribution in [0, 0.1) is 11.3 Å². The zero-order valence-electron chi connectivity index (χ0n) is 12.1. The Morgan fingerprint density at radius 3 is 2.86 bits per heavy atom. The Morgan fingerprint density at radius 2 is 2.18 bits per heavy atom. The van der Waals surface area contributed by atoms with Crippen molar-refractivity contribution in [1.82, 2.24) is 4.90 Å². The van der Waals surface area contributed by atoms with Crippen LogP contribution in [0.3, 0.4) is 0 Å². The molecule has 0 bridgehead atoms. The number of carbonyl (C=O) groups excluding carboxylic acids is 1. The first kappa shape index (κ1) is 14.6. The first-order chi connectivity index (χ1) is 10.8. The molecule has 1 atom stereocenters. The summed E-state index contributed by atoms with van der Waals surface area (Å²) in [5.74, 6) is 0.625. The predicted octanol–water partition coefficient (Wildman–Crippen LogP) is 3.36. The van der Waals surface area contributed by atoms with Gasteiger partial charge in [-0.1, -0.05) is 6.07 Å². The van der Waals surface area contributed by atoms with Crippen LogP contribution >= 0.6 is 11.3 Å². The highest BCUT2D eigenvalue weighted by molar-refractivity contribution is 7.10. The smallest absolute Gasteiger partial charge is 0.261 e. The van der Waals surface area contributed by atoms with Gasteiger partial charge in [-0.05, 0) is 48.6 Å². The molecule has 22 heavy (non-hydrogen) atoms. The minimum Gasteiger partial charge on any atom is -0.484 e. The summed E-state index contributed by atoms with van der Waals surface area (Å²) < 4.78 is 5.55. The van der Waals surface area contributed by atoms with E-state index >= 15 is 0 Å². The molecule has 0 spiro atoms. The van der Waals surface area contributed by atoms with E-state index in [4.69, 9.17) is 10.00 Å². The van der Waals surface area contributed by atoms with Gasteiger partial charge >= 0.3 is 0 Å². The highest BCUT2D eigenvalue weighted by Crippen LogP contribution is 2.34. The molecule has 1 aromatic carbocycles. The highest BCUT2D eigenvalue weighted by Gasteiger charge is 2.30. The summed E-state index contributed by atoms with van der Waals surface area (Å²) in [5, 5.41) is 10.8. The molecule has 0 radical (unpaired) electrons. The maximum absolute atomic E-state index is 12.4. The van der Waals surface area contributed by atoms with Crippen LogP contribution in [-0.2, 0) is 4.79 Å². The number of hydrogen-bond donors (Lipinski definition) is 0. The van der Waals surface area contributed by atoms with Crippen molar-refractivity contribution in [2.24, 2.45) is 0 Å². The average Bonchev–Trinajstić information content (AvgIpc) is 3.23. The minimum absolute atomic E-state index is 0.0141. The number of hydrogen-bond acceptors (Lipinski definition) is 4. The molecule has 1 unspecified atom stereocenters. The van der Waals surface area contributed by atoms with Crippen molar-refractivity contribution in [2.45, 2.75) is 18.9 Å². The van der Waals surface area contributed by atoms with Gasteiger partial charge in [-0.3, -0.25) is 4.79 Å². The Hall–Kier alpha value is -2.32. The van der Waals surface area contributed by atoms with E-state index in [1.54, 1.807) is 35.6 Å². The van der Waals surface area contributed by atoms with E-state index in [2.05, 4.69) is 12.1 Å². The van der Waals surface area contributed by atoms with Gasteiger partial charge in [-0.25, -0.2) is 0 Å². The average molecular weight is 312 g/mol. The zero-order valence-corrected chi connectivity index (χ0v) is 12.9. The lowest BCUT2D eigenvalue weighted by atomic mass is 10.2. The van der Waals surface area contributed by atoms with Crippen molar-refractivity contribution in [3.05, 3.63) is 52.2 Å². The van der Waals surface area contributed by atoms with Gasteiger partial charge in [-0.2, -0.15) is 5.26 Å². The molecule has 4 nitrogen and oxygen atoms in total. The van der Waals surface area contributed by atoms with Gasteiger partial charge in [0.1, 0.15) is 5.75 Å². The lowest BCUT2D eigenvalue weighted by Crippen LogP contribution is -2.34. The predicted molar refractivity (Wildman–Crippen MR) is 84.7 cm³/mol. The van der Waals surface area contributed by atoms with E-state index in [1.165, 1.54) is 4.88 Å². The molecule has 5 heteroatoms. The molecule has 1 aliphatic heterocycles. The van der Waals surface area contributed by atoms with E-state index in [0.29, 0.717) is 11.3 Å². The SMILES string of the molecule is N#Cc1ccc(OCC(=O)N2CCCC2c2cccs2)cc1. The summed E-state index contributed by atoms with van der Waals surface area (Å²) >= 11 is 1.69. The van der Waals surface area contributed by atoms with Crippen LogP contribution in [0.1, 0.15) is 29.3 Å². The van der Waals surface area contributed by atoms with Gasteiger partial charge in [0.25, 0.3) is 5.91 Å². The van der Waals surface area contributed by atoms with Crippen LogP contribution in [0.4, 0.5) is 0 Å². The Morgan fingerprint density at radius 1 is 1.36 bits per heavy atom. The van der Waals surface area contributed by atoms with Gasteiger partial charge in [0.05, 0.1) is 17.7 Å². The largest absolute Gasteiger partial charge is 0.484 e. The van der Waals surface area contributed by atoms with Crippen LogP contribution in [-0.4, -0.2) is 24.0 Å². The summed E-state index contributed by atoms with van der Waals surface area (Å²) in [4.78, 5) is 15.6. The molecule has 1 aromatic heterocycles. The number of nitriles is 1. The Kier molecular flexibility index (Phi) is 4.40. The summed E-state index contributed by atoms with van der Waals surface area (Å²) in [5.41, 5.74) is 0.580. The summed E-state index contributed by atoms with van der Waals surface area (Å²) in [6.07, 6.45) is 2.05. The molecule has 1 aliphatic rings. The summed E-state index contributed by atoms with van der Waals surface area (Å²) in [6.45, 7) is 0.825. The molecule has 112 valence electrons. The third-order valence-corrected chi connectivity index (χ3v) is 4.76. The number of carbonyl (C=O) groups is 1. The molecular formula is C17H16N2O2S. The standard InChI is InChI=1S/C17H16N2O2S/c18-11-13-5-7-14(8-6-13)21-12-17(20)19-9-1-3-15(19)16-4-2-10-22-16/h2,4-8,10,15H,1,3,9,12H2. The maximum atomic E-state index is 12.4. The summed E-state index contributed by atoms with van der Waals surface area (Å²) in [7, 11) is 0. The first-order valence-corrected chi connectivity index (χ1v) is 8.12. The van der Waals surface area contributed by atoms with Crippen molar-refractivity contribution in [3.8, 4) is 11.8 Å².